The number of hydrogen-bond acceptors (Lipinski definition) is 2. The molecular formula is C20H32O2. The number of benzene rings is 1. The van der Waals surface area contributed by atoms with Gasteiger partial charge in [-0.05, 0) is 48.1 Å². The maximum atomic E-state index is 9.45. The Bertz CT molecular complexity index is 497. The fourth-order valence-corrected chi connectivity index (χ4v) is 3.27. The smallest absolute Gasteiger partial charge is 0.119 e. The summed E-state index contributed by atoms with van der Waals surface area (Å²) in [4.78, 5) is 0. The first-order valence-electron chi connectivity index (χ1n) is 8.23. The molecule has 2 rings (SSSR count). The van der Waals surface area contributed by atoms with Gasteiger partial charge in [0.1, 0.15) is 5.75 Å². The van der Waals surface area contributed by atoms with Gasteiger partial charge in [-0.2, -0.15) is 0 Å². The van der Waals surface area contributed by atoms with Crippen LogP contribution >= 0.6 is 0 Å². The SMILES string of the molecule is CC(C)(C)c1ccccc1O.CC1=CC(C)C(CO)C(C)C1. The van der Waals surface area contributed by atoms with Crippen LogP contribution in [0.3, 0.4) is 0 Å². The Balaban J connectivity index is 0.000000220. The van der Waals surface area contributed by atoms with Crippen molar-refractivity contribution in [2.45, 2.75) is 53.4 Å². The van der Waals surface area contributed by atoms with E-state index in [-0.39, 0.29) is 5.41 Å². The van der Waals surface area contributed by atoms with Gasteiger partial charge < -0.3 is 10.2 Å². The molecule has 0 fully saturated rings. The Kier molecular flexibility index (Phi) is 6.67. The van der Waals surface area contributed by atoms with E-state index in [1.807, 2.05) is 18.2 Å². The van der Waals surface area contributed by atoms with Crippen molar-refractivity contribution in [2.75, 3.05) is 6.61 Å². The molecular weight excluding hydrogens is 272 g/mol. The van der Waals surface area contributed by atoms with Crippen LogP contribution in [0.1, 0.15) is 53.5 Å². The molecule has 0 radical (unpaired) electrons. The lowest BCUT2D eigenvalue weighted by Crippen LogP contribution is -2.26. The van der Waals surface area contributed by atoms with E-state index in [2.05, 4.69) is 47.6 Å². The molecule has 3 unspecified atom stereocenters. The molecule has 124 valence electrons. The van der Waals surface area contributed by atoms with E-state index in [0.29, 0.717) is 30.1 Å². The lowest BCUT2D eigenvalue weighted by Gasteiger charge is -2.31. The first kappa shape index (κ1) is 18.8. The second-order valence-corrected chi connectivity index (χ2v) is 7.67. The predicted molar refractivity (Wildman–Crippen MR) is 94.1 cm³/mol. The van der Waals surface area contributed by atoms with E-state index in [4.69, 9.17) is 5.11 Å². The number of hydrogen-bond donors (Lipinski definition) is 2. The number of para-hydroxylation sites is 1. The molecule has 2 nitrogen and oxygen atoms in total. The number of phenolic OH excluding ortho intramolecular Hbond substituents is 1. The number of allylic oxidation sites excluding steroid dienone is 2. The van der Waals surface area contributed by atoms with Crippen molar-refractivity contribution < 1.29 is 10.2 Å². The third-order valence-corrected chi connectivity index (χ3v) is 4.52. The highest BCUT2D eigenvalue weighted by molar-refractivity contribution is 5.36. The summed E-state index contributed by atoms with van der Waals surface area (Å²) in [5.41, 5.74) is 2.51. The topological polar surface area (TPSA) is 40.5 Å². The van der Waals surface area contributed by atoms with Crippen molar-refractivity contribution in [3.8, 4) is 5.75 Å². The van der Waals surface area contributed by atoms with Gasteiger partial charge in [-0.15, -0.1) is 0 Å². The summed E-state index contributed by atoms with van der Waals surface area (Å²) >= 11 is 0. The van der Waals surface area contributed by atoms with E-state index in [9.17, 15) is 5.11 Å². The zero-order chi connectivity index (χ0) is 16.9. The van der Waals surface area contributed by atoms with Crippen LogP contribution in [-0.2, 0) is 5.41 Å². The Morgan fingerprint density at radius 1 is 1.14 bits per heavy atom. The highest BCUT2D eigenvalue weighted by Crippen LogP contribution is 2.32. The standard InChI is InChI=1S/C10H18O.C10H14O/c1-7-4-8(2)10(6-11)9(3)5-7;1-10(2,3)8-6-4-5-7-9(8)11/h4,8-11H,5-6H2,1-3H3;4-7,11H,1-3H3. The highest BCUT2D eigenvalue weighted by Gasteiger charge is 2.25. The fourth-order valence-electron chi connectivity index (χ4n) is 3.27. The second kappa shape index (κ2) is 7.82. The Morgan fingerprint density at radius 2 is 1.73 bits per heavy atom. The van der Waals surface area contributed by atoms with Crippen LogP contribution in [0.5, 0.6) is 5.75 Å². The van der Waals surface area contributed by atoms with Gasteiger partial charge in [0, 0.05) is 6.61 Å². The van der Waals surface area contributed by atoms with Gasteiger partial charge in [0.25, 0.3) is 0 Å². The van der Waals surface area contributed by atoms with Crippen LogP contribution in [0.4, 0.5) is 0 Å². The maximum absolute atomic E-state index is 9.45. The average Bonchev–Trinajstić information content (AvgIpc) is 2.38. The first-order valence-corrected chi connectivity index (χ1v) is 8.23. The minimum atomic E-state index is 0.0331. The molecule has 2 heteroatoms. The van der Waals surface area contributed by atoms with Crippen LogP contribution in [0.2, 0.25) is 0 Å². The monoisotopic (exact) mass is 304 g/mol. The fraction of sp³-hybridized carbons (Fsp3) is 0.600. The molecule has 1 aromatic rings. The zero-order valence-corrected chi connectivity index (χ0v) is 14.9. The predicted octanol–water partition coefficient (Wildman–Crippen LogP) is 4.91. The summed E-state index contributed by atoms with van der Waals surface area (Å²) in [7, 11) is 0. The summed E-state index contributed by atoms with van der Waals surface area (Å²) in [6, 6.07) is 7.46. The molecule has 0 amide bonds. The van der Waals surface area contributed by atoms with Crippen LogP contribution in [0, 0.1) is 17.8 Å². The van der Waals surface area contributed by atoms with Crippen LogP contribution in [-0.4, -0.2) is 16.8 Å². The molecule has 0 aromatic heterocycles. The lowest BCUT2D eigenvalue weighted by atomic mass is 9.75. The molecule has 1 aromatic carbocycles. The highest BCUT2D eigenvalue weighted by atomic mass is 16.3. The van der Waals surface area contributed by atoms with Gasteiger partial charge in [-0.3, -0.25) is 0 Å². The third kappa shape index (κ3) is 5.17. The number of aliphatic hydroxyl groups is 1. The van der Waals surface area contributed by atoms with E-state index in [1.54, 1.807) is 6.07 Å². The number of rotatable bonds is 1. The average molecular weight is 304 g/mol. The minimum absolute atomic E-state index is 0.0331. The van der Waals surface area contributed by atoms with E-state index < -0.39 is 0 Å². The largest absolute Gasteiger partial charge is 0.508 e. The zero-order valence-electron chi connectivity index (χ0n) is 14.9. The molecule has 0 spiro atoms. The molecule has 0 bridgehead atoms. The van der Waals surface area contributed by atoms with Gasteiger partial charge in [-0.1, -0.05) is 64.5 Å². The summed E-state index contributed by atoms with van der Waals surface area (Å²) < 4.78 is 0. The molecule has 0 saturated carbocycles. The molecule has 0 aliphatic heterocycles. The molecule has 22 heavy (non-hydrogen) atoms. The van der Waals surface area contributed by atoms with Gasteiger partial charge in [-0.25, -0.2) is 0 Å². The number of phenols is 1. The minimum Gasteiger partial charge on any atom is -0.508 e. The molecule has 0 heterocycles. The van der Waals surface area contributed by atoms with Crippen LogP contribution in [0.25, 0.3) is 0 Å². The summed E-state index contributed by atoms with van der Waals surface area (Å²) in [5.74, 6) is 2.09. The Labute approximate surface area is 135 Å². The number of aromatic hydroxyl groups is 1. The van der Waals surface area contributed by atoms with E-state index in [0.717, 1.165) is 12.0 Å². The van der Waals surface area contributed by atoms with Gasteiger partial charge >= 0.3 is 0 Å². The second-order valence-electron chi connectivity index (χ2n) is 7.67. The van der Waals surface area contributed by atoms with E-state index >= 15 is 0 Å². The normalized spacial score (nSPS) is 25.0. The summed E-state index contributed by atoms with van der Waals surface area (Å²) in [6.07, 6.45) is 3.45. The quantitative estimate of drug-likeness (QED) is 0.724. The lowest BCUT2D eigenvalue weighted by molar-refractivity contribution is 0.144. The van der Waals surface area contributed by atoms with Crippen molar-refractivity contribution in [3.63, 3.8) is 0 Å². The van der Waals surface area contributed by atoms with Crippen LogP contribution < -0.4 is 0 Å². The first-order chi connectivity index (χ1) is 10.2. The van der Waals surface area contributed by atoms with Crippen molar-refractivity contribution in [2.24, 2.45) is 17.8 Å². The van der Waals surface area contributed by atoms with Gasteiger partial charge in [0.2, 0.25) is 0 Å². The summed E-state index contributed by atoms with van der Waals surface area (Å²) in [6.45, 7) is 13.2. The van der Waals surface area contributed by atoms with Gasteiger partial charge in [0.15, 0.2) is 0 Å². The molecule has 3 atom stereocenters. The third-order valence-electron chi connectivity index (χ3n) is 4.52. The molecule has 1 aliphatic carbocycles. The van der Waals surface area contributed by atoms with Crippen molar-refractivity contribution >= 4 is 0 Å². The molecule has 1 aliphatic rings. The van der Waals surface area contributed by atoms with Gasteiger partial charge in [0.05, 0.1) is 0 Å². The van der Waals surface area contributed by atoms with Crippen molar-refractivity contribution in [1.82, 2.24) is 0 Å². The Morgan fingerprint density at radius 3 is 2.14 bits per heavy atom. The van der Waals surface area contributed by atoms with Crippen LogP contribution in [0.15, 0.2) is 35.9 Å². The maximum Gasteiger partial charge on any atom is 0.119 e. The molecule has 2 N–H and O–H groups in total. The van der Waals surface area contributed by atoms with E-state index in [1.165, 1.54) is 5.57 Å². The number of aliphatic hydroxyl groups excluding tert-OH is 1. The van der Waals surface area contributed by atoms with Crippen molar-refractivity contribution in [1.29, 1.82) is 0 Å². The Hall–Kier alpha value is -1.28. The summed E-state index contributed by atoms with van der Waals surface area (Å²) in [5, 5.41) is 18.5. The molecule has 0 saturated heterocycles. The van der Waals surface area contributed by atoms with Crippen molar-refractivity contribution in [3.05, 3.63) is 41.5 Å².